The van der Waals surface area contributed by atoms with E-state index < -0.39 is 6.10 Å². The van der Waals surface area contributed by atoms with E-state index in [-0.39, 0.29) is 17.4 Å². The summed E-state index contributed by atoms with van der Waals surface area (Å²) in [5, 5.41) is 7.87. The number of hydrogen-bond donors (Lipinski definition) is 2. The Morgan fingerprint density at radius 2 is 1.55 bits per heavy atom. The minimum atomic E-state index is -0.727. The molecular formula is C24H26N2O3. The molecule has 1 atom stereocenters. The molecule has 3 rings (SSSR count). The maximum absolute atomic E-state index is 12.7. The second-order valence-corrected chi connectivity index (χ2v) is 8.01. The number of carbonyl (C=O) groups excluding carboxylic acids is 2. The Hall–Kier alpha value is -3.34. The van der Waals surface area contributed by atoms with Crippen LogP contribution in [0, 0.1) is 0 Å². The van der Waals surface area contributed by atoms with Crippen LogP contribution in [0.1, 0.15) is 38.1 Å². The summed E-state index contributed by atoms with van der Waals surface area (Å²) in [6, 6.07) is 20.6. The van der Waals surface area contributed by atoms with E-state index in [1.54, 1.807) is 31.2 Å². The number of fused-ring (bicyclic) bond motifs is 1. The maximum Gasteiger partial charge on any atom is 0.265 e. The highest BCUT2D eigenvalue weighted by molar-refractivity contribution is 6.04. The summed E-state index contributed by atoms with van der Waals surface area (Å²) in [7, 11) is 0. The van der Waals surface area contributed by atoms with E-state index in [4.69, 9.17) is 4.74 Å². The molecule has 5 heteroatoms. The average Bonchev–Trinajstić information content (AvgIpc) is 2.67. The lowest BCUT2D eigenvalue weighted by molar-refractivity contribution is -0.122. The lowest BCUT2D eigenvalue weighted by Gasteiger charge is -2.22. The third kappa shape index (κ3) is 5.35. The van der Waals surface area contributed by atoms with Crippen molar-refractivity contribution >= 4 is 28.3 Å². The minimum absolute atomic E-state index is 0.239. The van der Waals surface area contributed by atoms with Gasteiger partial charge < -0.3 is 15.4 Å². The fraction of sp³-hybridized carbons (Fsp3) is 0.250. The molecule has 0 radical (unpaired) electrons. The monoisotopic (exact) mass is 390 g/mol. The first-order chi connectivity index (χ1) is 13.7. The number of benzene rings is 3. The van der Waals surface area contributed by atoms with Crippen molar-refractivity contribution in [2.75, 3.05) is 5.32 Å². The Morgan fingerprint density at radius 3 is 2.28 bits per heavy atom. The molecule has 150 valence electrons. The highest BCUT2D eigenvalue weighted by atomic mass is 16.5. The molecule has 1 unspecified atom stereocenters. The number of carbonyl (C=O) groups is 2. The molecule has 0 fully saturated rings. The predicted molar refractivity (Wildman–Crippen MR) is 116 cm³/mol. The van der Waals surface area contributed by atoms with Gasteiger partial charge in [-0.05, 0) is 62.7 Å². The van der Waals surface area contributed by atoms with Crippen LogP contribution in [0.4, 0.5) is 5.69 Å². The maximum atomic E-state index is 12.7. The van der Waals surface area contributed by atoms with Crippen LogP contribution < -0.4 is 15.4 Å². The van der Waals surface area contributed by atoms with E-state index in [0.717, 1.165) is 10.8 Å². The molecule has 0 aromatic heterocycles. The van der Waals surface area contributed by atoms with E-state index in [2.05, 4.69) is 10.6 Å². The van der Waals surface area contributed by atoms with Crippen LogP contribution in [0.25, 0.3) is 10.8 Å². The van der Waals surface area contributed by atoms with Crippen molar-refractivity contribution in [3.05, 3.63) is 72.3 Å². The lowest BCUT2D eigenvalue weighted by atomic mass is 10.1. The van der Waals surface area contributed by atoms with Crippen molar-refractivity contribution in [3.63, 3.8) is 0 Å². The zero-order valence-electron chi connectivity index (χ0n) is 17.2. The van der Waals surface area contributed by atoms with Crippen LogP contribution in [-0.2, 0) is 4.79 Å². The molecule has 5 nitrogen and oxygen atoms in total. The van der Waals surface area contributed by atoms with Crippen LogP contribution in [-0.4, -0.2) is 23.5 Å². The zero-order chi connectivity index (χ0) is 21.0. The Morgan fingerprint density at radius 1 is 0.897 bits per heavy atom. The van der Waals surface area contributed by atoms with Crippen molar-refractivity contribution in [2.45, 2.75) is 39.3 Å². The van der Waals surface area contributed by atoms with E-state index in [0.29, 0.717) is 17.0 Å². The van der Waals surface area contributed by atoms with Crippen molar-refractivity contribution in [2.24, 2.45) is 0 Å². The van der Waals surface area contributed by atoms with Crippen molar-refractivity contribution < 1.29 is 14.3 Å². The number of hydrogen-bond acceptors (Lipinski definition) is 3. The normalized spacial score (nSPS) is 12.3. The van der Waals surface area contributed by atoms with Crippen LogP contribution >= 0.6 is 0 Å². The van der Waals surface area contributed by atoms with Gasteiger partial charge in [0.1, 0.15) is 5.75 Å². The van der Waals surface area contributed by atoms with Gasteiger partial charge in [0.15, 0.2) is 6.10 Å². The van der Waals surface area contributed by atoms with Crippen LogP contribution in [0.3, 0.4) is 0 Å². The highest BCUT2D eigenvalue weighted by Gasteiger charge is 2.21. The first-order valence-corrected chi connectivity index (χ1v) is 9.61. The van der Waals surface area contributed by atoms with Gasteiger partial charge in [-0.15, -0.1) is 0 Å². The number of amides is 2. The molecule has 29 heavy (non-hydrogen) atoms. The second-order valence-electron chi connectivity index (χ2n) is 8.01. The molecule has 0 saturated carbocycles. The summed E-state index contributed by atoms with van der Waals surface area (Å²) in [6.07, 6.45) is -0.727. The molecule has 3 aromatic rings. The molecule has 2 N–H and O–H groups in total. The minimum Gasteiger partial charge on any atom is -0.481 e. The summed E-state index contributed by atoms with van der Waals surface area (Å²) >= 11 is 0. The molecule has 0 bridgehead atoms. The first-order valence-electron chi connectivity index (χ1n) is 9.61. The standard InChI is InChI=1S/C24H26N2O3/c1-16(29-19-14-13-17-9-5-6-10-18(17)15-19)22(27)25-21-12-8-7-11-20(21)23(28)26-24(2,3)4/h5-16H,1-4H3,(H,25,27)(H,26,28). The number of nitrogens with one attached hydrogen (secondary N) is 2. The van der Waals surface area contributed by atoms with E-state index in [1.165, 1.54) is 0 Å². The van der Waals surface area contributed by atoms with Gasteiger partial charge in [-0.2, -0.15) is 0 Å². The molecule has 0 heterocycles. The Labute approximate surface area is 171 Å². The molecule has 0 aliphatic carbocycles. The van der Waals surface area contributed by atoms with Crippen LogP contribution in [0.2, 0.25) is 0 Å². The van der Waals surface area contributed by atoms with E-state index in [9.17, 15) is 9.59 Å². The first kappa shape index (κ1) is 20.4. The average molecular weight is 390 g/mol. The van der Waals surface area contributed by atoms with Crippen molar-refractivity contribution in [1.82, 2.24) is 5.32 Å². The van der Waals surface area contributed by atoms with Crippen LogP contribution in [0.15, 0.2) is 66.7 Å². The Balaban J connectivity index is 1.71. The highest BCUT2D eigenvalue weighted by Crippen LogP contribution is 2.22. The molecule has 0 spiro atoms. The molecular weight excluding hydrogens is 364 g/mol. The smallest absolute Gasteiger partial charge is 0.265 e. The molecule has 0 aliphatic rings. The number of rotatable bonds is 5. The largest absolute Gasteiger partial charge is 0.481 e. The van der Waals surface area contributed by atoms with E-state index in [1.807, 2.05) is 63.2 Å². The number of para-hydroxylation sites is 1. The topological polar surface area (TPSA) is 67.4 Å². The summed E-state index contributed by atoms with van der Waals surface area (Å²) in [5.41, 5.74) is 0.489. The summed E-state index contributed by atoms with van der Waals surface area (Å²) in [4.78, 5) is 25.2. The SMILES string of the molecule is CC(Oc1ccc2ccccc2c1)C(=O)Nc1ccccc1C(=O)NC(C)(C)C. The van der Waals surface area contributed by atoms with Gasteiger partial charge in [-0.25, -0.2) is 0 Å². The predicted octanol–water partition coefficient (Wildman–Crippen LogP) is 4.77. The molecule has 2 amide bonds. The van der Waals surface area contributed by atoms with Gasteiger partial charge in [-0.3, -0.25) is 9.59 Å². The Bertz CT molecular complexity index is 1040. The van der Waals surface area contributed by atoms with Gasteiger partial charge in [-0.1, -0.05) is 42.5 Å². The van der Waals surface area contributed by atoms with Crippen molar-refractivity contribution in [3.8, 4) is 5.75 Å². The summed E-state index contributed by atoms with van der Waals surface area (Å²) < 4.78 is 5.82. The molecule has 0 aliphatic heterocycles. The van der Waals surface area contributed by atoms with Gasteiger partial charge in [0.25, 0.3) is 11.8 Å². The number of ether oxygens (including phenoxy) is 1. The van der Waals surface area contributed by atoms with Crippen LogP contribution in [0.5, 0.6) is 5.75 Å². The number of anilines is 1. The van der Waals surface area contributed by atoms with Gasteiger partial charge in [0, 0.05) is 5.54 Å². The van der Waals surface area contributed by atoms with Gasteiger partial charge >= 0.3 is 0 Å². The third-order valence-corrected chi connectivity index (χ3v) is 4.32. The lowest BCUT2D eigenvalue weighted by Crippen LogP contribution is -2.41. The Kier molecular flexibility index (Phi) is 5.87. The fourth-order valence-corrected chi connectivity index (χ4v) is 2.93. The van der Waals surface area contributed by atoms with Gasteiger partial charge in [0.05, 0.1) is 11.3 Å². The zero-order valence-corrected chi connectivity index (χ0v) is 17.2. The second kappa shape index (κ2) is 8.35. The van der Waals surface area contributed by atoms with Gasteiger partial charge in [0.2, 0.25) is 0 Å². The third-order valence-electron chi connectivity index (χ3n) is 4.32. The molecule has 0 saturated heterocycles. The summed E-state index contributed by atoms with van der Waals surface area (Å²) in [6.45, 7) is 7.41. The van der Waals surface area contributed by atoms with E-state index >= 15 is 0 Å². The van der Waals surface area contributed by atoms with Crippen molar-refractivity contribution in [1.29, 1.82) is 0 Å². The summed E-state index contributed by atoms with van der Waals surface area (Å²) in [5.74, 6) is 0.0516. The molecule has 3 aromatic carbocycles. The fourth-order valence-electron chi connectivity index (χ4n) is 2.93. The quantitative estimate of drug-likeness (QED) is 0.659.